The lowest BCUT2D eigenvalue weighted by molar-refractivity contribution is -0.142. The summed E-state index contributed by atoms with van der Waals surface area (Å²) in [6, 6.07) is 0. The Morgan fingerprint density at radius 2 is 2.06 bits per heavy atom. The van der Waals surface area contributed by atoms with Crippen molar-refractivity contribution in [2.24, 2.45) is 0 Å². The van der Waals surface area contributed by atoms with Gasteiger partial charge in [0.05, 0.1) is 10.9 Å². The molecule has 1 aromatic heterocycles. The summed E-state index contributed by atoms with van der Waals surface area (Å²) in [6.07, 6.45) is -2.50. The molecule has 1 saturated heterocycles. The Hall–Kier alpha value is -0.820. The van der Waals surface area contributed by atoms with Crippen LogP contribution in [0.2, 0.25) is 0 Å². The van der Waals surface area contributed by atoms with E-state index in [0.717, 1.165) is 18.6 Å². The van der Waals surface area contributed by atoms with Crippen LogP contribution < -0.4 is 5.32 Å². The van der Waals surface area contributed by atoms with Crippen LogP contribution in [0.3, 0.4) is 0 Å². The first-order valence-corrected chi connectivity index (χ1v) is 6.90. The molecule has 1 atom stereocenters. The highest BCUT2D eigenvalue weighted by molar-refractivity contribution is 7.99. The Balaban J connectivity index is 2.07. The van der Waals surface area contributed by atoms with Gasteiger partial charge < -0.3 is 5.32 Å². The number of hydrogen-bond donors (Lipinski definition) is 1. The van der Waals surface area contributed by atoms with E-state index in [9.17, 15) is 13.2 Å². The van der Waals surface area contributed by atoms with Crippen LogP contribution in [0.4, 0.5) is 13.2 Å². The van der Waals surface area contributed by atoms with Crippen LogP contribution in [0.1, 0.15) is 40.9 Å². The van der Waals surface area contributed by atoms with E-state index in [4.69, 9.17) is 0 Å². The summed E-state index contributed by atoms with van der Waals surface area (Å²) >= 11 is 1.65. The summed E-state index contributed by atoms with van der Waals surface area (Å²) in [5.41, 5.74) is -0.0194. The second kappa shape index (κ2) is 4.38. The Labute approximate surface area is 107 Å². The second-order valence-electron chi connectivity index (χ2n) is 4.46. The van der Waals surface area contributed by atoms with Gasteiger partial charge in [-0.05, 0) is 18.6 Å². The first kappa shape index (κ1) is 12.2. The standard InChI is InChI=1S/C11H12F3N3S/c12-11(13,14)9-6-4-15-5-7(6)16-10(17-9)8-2-1-3-18-8/h8,15H,1-5H2. The first-order valence-electron chi connectivity index (χ1n) is 5.85. The van der Waals surface area contributed by atoms with Gasteiger partial charge in [-0.1, -0.05) is 0 Å². The monoisotopic (exact) mass is 275 g/mol. The molecular formula is C11H12F3N3S. The zero-order valence-corrected chi connectivity index (χ0v) is 10.4. The summed E-state index contributed by atoms with van der Waals surface area (Å²) in [7, 11) is 0. The molecule has 0 spiro atoms. The largest absolute Gasteiger partial charge is 0.433 e. The third kappa shape index (κ3) is 2.09. The number of alkyl halides is 3. The fraction of sp³-hybridized carbons (Fsp3) is 0.636. The zero-order valence-electron chi connectivity index (χ0n) is 9.55. The van der Waals surface area contributed by atoms with Crippen LogP contribution in [-0.2, 0) is 19.3 Å². The third-order valence-electron chi connectivity index (χ3n) is 3.19. The van der Waals surface area contributed by atoms with Gasteiger partial charge in [0.2, 0.25) is 0 Å². The fourth-order valence-electron chi connectivity index (χ4n) is 2.35. The molecule has 3 nitrogen and oxygen atoms in total. The highest BCUT2D eigenvalue weighted by Crippen LogP contribution is 2.40. The first-order chi connectivity index (χ1) is 8.55. The van der Waals surface area contributed by atoms with Gasteiger partial charge in [-0.3, -0.25) is 0 Å². The van der Waals surface area contributed by atoms with E-state index in [1.54, 1.807) is 11.8 Å². The molecule has 0 aliphatic carbocycles. The molecule has 1 fully saturated rings. The van der Waals surface area contributed by atoms with E-state index < -0.39 is 11.9 Å². The van der Waals surface area contributed by atoms with E-state index in [2.05, 4.69) is 15.3 Å². The predicted octanol–water partition coefficient (Wildman–Crippen LogP) is 2.67. The van der Waals surface area contributed by atoms with Crippen LogP contribution in [0.5, 0.6) is 0 Å². The van der Waals surface area contributed by atoms with Gasteiger partial charge in [0.15, 0.2) is 5.69 Å². The Bertz CT molecular complexity index is 469. The van der Waals surface area contributed by atoms with E-state index >= 15 is 0 Å². The molecule has 98 valence electrons. The van der Waals surface area contributed by atoms with Crippen molar-refractivity contribution in [2.45, 2.75) is 37.4 Å². The second-order valence-corrected chi connectivity index (χ2v) is 5.77. The molecule has 2 aliphatic rings. The number of thioether (sulfide) groups is 1. The van der Waals surface area contributed by atoms with Crippen LogP contribution in [0.15, 0.2) is 0 Å². The van der Waals surface area contributed by atoms with Gasteiger partial charge in [-0.25, -0.2) is 9.97 Å². The van der Waals surface area contributed by atoms with Crippen molar-refractivity contribution >= 4 is 11.8 Å². The maximum absolute atomic E-state index is 13.0. The normalized spacial score (nSPS) is 23.4. The number of rotatable bonds is 1. The number of hydrogen-bond acceptors (Lipinski definition) is 4. The van der Waals surface area contributed by atoms with Gasteiger partial charge in [-0.15, -0.1) is 0 Å². The molecule has 1 N–H and O–H groups in total. The van der Waals surface area contributed by atoms with Crippen molar-refractivity contribution in [2.75, 3.05) is 5.75 Å². The number of aromatic nitrogens is 2. The molecule has 2 aliphatic heterocycles. The molecule has 3 heterocycles. The fourth-order valence-corrected chi connectivity index (χ4v) is 3.55. The summed E-state index contributed by atoms with van der Waals surface area (Å²) in [4.78, 5) is 8.12. The minimum absolute atomic E-state index is 0.0250. The molecule has 1 aromatic rings. The minimum atomic E-state index is -4.39. The van der Waals surface area contributed by atoms with Crippen molar-refractivity contribution < 1.29 is 13.2 Å². The van der Waals surface area contributed by atoms with Crippen LogP contribution in [0.25, 0.3) is 0 Å². The molecule has 3 rings (SSSR count). The molecular weight excluding hydrogens is 263 g/mol. The molecule has 0 saturated carbocycles. The summed E-state index contributed by atoms with van der Waals surface area (Å²) < 4.78 is 39.0. The topological polar surface area (TPSA) is 37.8 Å². The number of halogens is 3. The Kier molecular flexibility index (Phi) is 2.97. The van der Waals surface area contributed by atoms with Crippen molar-refractivity contribution in [3.63, 3.8) is 0 Å². The van der Waals surface area contributed by atoms with Crippen LogP contribution >= 0.6 is 11.8 Å². The van der Waals surface area contributed by atoms with E-state index in [1.807, 2.05) is 0 Å². The summed E-state index contributed by atoms with van der Waals surface area (Å²) in [6.45, 7) is 0.619. The number of nitrogens with one attached hydrogen (secondary N) is 1. The molecule has 0 radical (unpaired) electrons. The molecule has 18 heavy (non-hydrogen) atoms. The Morgan fingerprint density at radius 1 is 1.22 bits per heavy atom. The highest BCUT2D eigenvalue weighted by atomic mass is 32.2. The van der Waals surface area contributed by atoms with E-state index in [1.165, 1.54) is 0 Å². The lowest BCUT2D eigenvalue weighted by Gasteiger charge is -2.14. The van der Waals surface area contributed by atoms with Gasteiger partial charge in [-0.2, -0.15) is 24.9 Å². The molecule has 0 amide bonds. The van der Waals surface area contributed by atoms with Gasteiger partial charge in [0, 0.05) is 18.7 Å². The SMILES string of the molecule is FC(F)(F)c1nc(C2CCCS2)nc2c1CNC2. The van der Waals surface area contributed by atoms with Gasteiger partial charge >= 0.3 is 6.18 Å². The van der Waals surface area contributed by atoms with Crippen molar-refractivity contribution in [1.29, 1.82) is 0 Å². The summed E-state index contributed by atoms with van der Waals surface area (Å²) in [5, 5.41) is 2.93. The van der Waals surface area contributed by atoms with Crippen LogP contribution in [0, 0.1) is 0 Å². The van der Waals surface area contributed by atoms with E-state index in [0.29, 0.717) is 18.1 Å². The van der Waals surface area contributed by atoms with Crippen molar-refractivity contribution in [3.05, 3.63) is 22.8 Å². The molecule has 0 bridgehead atoms. The van der Waals surface area contributed by atoms with E-state index in [-0.39, 0.29) is 17.4 Å². The third-order valence-corrected chi connectivity index (χ3v) is 4.56. The van der Waals surface area contributed by atoms with Crippen molar-refractivity contribution in [1.82, 2.24) is 15.3 Å². The predicted molar refractivity (Wildman–Crippen MR) is 62.0 cm³/mol. The minimum Gasteiger partial charge on any atom is -0.307 e. The molecule has 1 unspecified atom stereocenters. The molecule has 7 heteroatoms. The smallest absolute Gasteiger partial charge is 0.307 e. The average Bonchev–Trinajstić information content (AvgIpc) is 2.97. The molecule has 0 aromatic carbocycles. The number of fused-ring (bicyclic) bond motifs is 1. The number of nitrogens with zero attached hydrogens (tertiary/aromatic N) is 2. The van der Waals surface area contributed by atoms with Gasteiger partial charge in [0.25, 0.3) is 0 Å². The van der Waals surface area contributed by atoms with Crippen LogP contribution in [-0.4, -0.2) is 15.7 Å². The Morgan fingerprint density at radius 3 is 2.72 bits per heavy atom. The quantitative estimate of drug-likeness (QED) is 0.855. The average molecular weight is 275 g/mol. The maximum atomic E-state index is 13.0. The summed E-state index contributed by atoms with van der Waals surface area (Å²) in [5.74, 6) is 1.33. The van der Waals surface area contributed by atoms with Gasteiger partial charge in [0.1, 0.15) is 5.82 Å². The lowest BCUT2D eigenvalue weighted by Crippen LogP contribution is -2.16. The highest BCUT2D eigenvalue weighted by Gasteiger charge is 2.39. The lowest BCUT2D eigenvalue weighted by atomic mass is 10.1. The maximum Gasteiger partial charge on any atom is 0.433 e. The zero-order chi connectivity index (χ0) is 12.8. The van der Waals surface area contributed by atoms with Crippen molar-refractivity contribution in [3.8, 4) is 0 Å².